The maximum atomic E-state index is 8.81. The van der Waals surface area contributed by atoms with Crippen LogP contribution >= 0.6 is 0 Å². The van der Waals surface area contributed by atoms with Gasteiger partial charge in [0.15, 0.2) is 17.5 Å². The van der Waals surface area contributed by atoms with Crippen LogP contribution in [0.15, 0.2) is 176 Å². The van der Waals surface area contributed by atoms with Crippen LogP contribution in [-0.4, -0.2) is 15.0 Å². The smallest absolute Gasteiger partial charge is 0.164 e. The highest BCUT2D eigenvalue weighted by atomic mass is 15.0. The zero-order chi connectivity index (χ0) is 38.0. The van der Waals surface area contributed by atoms with Crippen molar-refractivity contribution < 1.29 is 9.60 Å². The molecule has 9 aromatic rings. The minimum Gasteiger partial charge on any atom is -0.208 e. The fraction of sp³-hybridized carbons (Fsp3) is 0. The summed E-state index contributed by atoms with van der Waals surface area (Å²) in [5, 5.41) is 3.73. The van der Waals surface area contributed by atoms with Gasteiger partial charge in [0, 0.05) is 16.7 Å². The molecule has 3 heteroatoms. The predicted molar refractivity (Wildman–Crippen MR) is 200 cm³/mol. The molecule has 9 rings (SSSR count). The lowest BCUT2D eigenvalue weighted by Gasteiger charge is -2.12. The molecular weight excluding hydrogens is 583 g/mol. The van der Waals surface area contributed by atoms with E-state index in [9.17, 15) is 0 Å². The second-order valence-corrected chi connectivity index (χ2v) is 11.6. The fourth-order valence-electron chi connectivity index (χ4n) is 6.19. The van der Waals surface area contributed by atoms with Crippen molar-refractivity contribution in [2.45, 2.75) is 0 Å². The average molecular weight is 619 g/mol. The van der Waals surface area contributed by atoms with Crippen molar-refractivity contribution >= 4 is 32.3 Å². The van der Waals surface area contributed by atoms with Gasteiger partial charge < -0.3 is 0 Å². The van der Waals surface area contributed by atoms with E-state index in [1.165, 1.54) is 0 Å². The number of rotatable bonds is 5. The van der Waals surface area contributed by atoms with Gasteiger partial charge in [0.05, 0.1) is 9.60 Å². The largest absolute Gasteiger partial charge is 0.208 e. The second kappa shape index (κ2) is 11.7. The predicted octanol–water partition coefficient (Wildman–Crippen LogP) is 11.7. The lowest BCUT2D eigenvalue weighted by atomic mass is 9.95. The van der Waals surface area contributed by atoms with Gasteiger partial charge in [0.2, 0.25) is 0 Å². The third-order valence-corrected chi connectivity index (χ3v) is 8.60. The standard InChI is InChI=1S/C45H29N3/c1-3-11-30(12-4-1)36-22-21-32-17-10-20-41(42(32)29-36)45-47-43(33-14-5-2-6-15-33)46-44(48-45)38-26-24-34-27-37(25-23-35(34)28-38)40-19-9-16-31-13-7-8-18-39(31)40/h1-29H/i7D,8D,9D,13D,16D,18D,19D. The van der Waals surface area contributed by atoms with E-state index in [2.05, 4.69) is 36.4 Å². The van der Waals surface area contributed by atoms with Crippen LogP contribution in [0.25, 0.3) is 88.7 Å². The summed E-state index contributed by atoms with van der Waals surface area (Å²) in [4.78, 5) is 15.0. The molecule has 0 aliphatic heterocycles. The number of nitrogens with zero attached hydrogens (tertiary/aromatic N) is 3. The van der Waals surface area contributed by atoms with Crippen molar-refractivity contribution in [2.24, 2.45) is 0 Å². The van der Waals surface area contributed by atoms with Crippen molar-refractivity contribution in [2.75, 3.05) is 0 Å². The first kappa shape index (κ1) is 21.4. The Morgan fingerprint density at radius 3 is 1.77 bits per heavy atom. The van der Waals surface area contributed by atoms with Crippen LogP contribution in [-0.2, 0) is 0 Å². The number of aromatic nitrogens is 3. The third-order valence-electron chi connectivity index (χ3n) is 8.60. The maximum absolute atomic E-state index is 8.81. The van der Waals surface area contributed by atoms with E-state index < -0.39 is 30.2 Å². The van der Waals surface area contributed by atoms with Crippen LogP contribution < -0.4 is 0 Å². The topological polar surface area (TPSA) is 38.7 Å². The Kier molecular flexibility index (Phi) is 5.22. The molecule has 0 fully saturated rings. The molecule has 3 nitrogen and oxygen atoms in total. The van der Waals surface area contributed by atoms with Crippen molar-refractivity contribution in [1.82, 2.24) is 15.0 Å². The van der Waals surface area contributed by atoms with Gasteiger partial charge in [-0.3, -0.25) is 0 Å². The molecule has 8 aromatic carbocycles. The van der Waals surface area contributed by atoms with Gasteiger partial charge in [0.1, 0.15) is 0 Å². The van der Waals surface area contributed by atoms with Crippen LogP contribution in [0.3, 0.4) is 0 Å². The summed E-state index contributed by atoms with van der Waals surface area (Å²) in [5.41, 5.74) is 5.40. The van der Waals surface area contributed by atoms with E-state index in [0.717, 1.165) is 49.4 Å². The van der Waals surface area contributed by atoms with Gasteiger partial charge in [0.25, 0.3) is 0 Å². The molecule has 48 heavy (non-hydrogen) atoms. The van der Waals surface area contributed by atoms with Gasteiger partial charge in [-0.25, -0.2) is 15.0 Å². The number of hydrogen-bond donors (Lipinski definition) is 0. The third kappa shape index (κ3) is 5.08. The van der Waals surface area contributed by atoms with E-state index in [1.54, 1.807) is 6.07 Å². The first-order valence-corrected chi connectivity index (χ1v) is 15.6. The highest BCUT2D eigenvalue weighted by molar-refractivity contribution is 6.00. The molecule has 0 bridgehead atoms. The molecule has 1 heterocycles. The van der Waals surface area contributed by atoms with E-state index in [1.807, 2.05) is 91.0 Å². The quantitative estimate of drug-likeness (QED) is 0.193. The first-order valence-electron chi connectivity index (χ1n) is 19.1. The van der Waals surface area contributed by atoms with E-state index in [4.69, 9.17) is 24.5 Å². The average Bonchev–Trinajstić information content (AvgIpc) is 3.23. The molecule has 0 unspecified atom stereocenters. The summed E-state index contributed by atoms with van der Waals surface area (Å²) in [7, 11) is 0. The maximum Gasteiger partial charge on any atom is 0.164 e. The second-order valence-electron chi connectivity index (χ2n) is 11.6. The van der Waals surface area contributed by atoms with Gasteiger partial charge >= 0.3 is 0 Å². The summed E-state index contributed by atoms with van der Waals surface area (Å²) in [6, 6.07) is 41.2. The number of fused-ring (bicyclic) bond motifs is 3. The molecule has 0 N–H and O–H groups in total. The Balaban J connectivity index is 1.20. The van der Waals surface area contributed by atoms with Gasteiger partial charge in [-0.15, -0.1) is 0 Å². The minimum atomic E-state index is -0.477. The highest BCUT2D eigenvalue weighted by Gasteiger charge is 2.15. The molecule has 0 aliphatic carbocycles. The van der Waals surface area contributed by atoms with Crippen molar-refractivity contribution in [3.63, 3.8) is 0 Å². The minimum absolute atomic E-state index is 0.0588. The summed E-state index contributed by atoms with van der Waals surface area (Å²) in [6.45, 7) is 0. The van der Waals surface area contributed by atoms with Gasteiger partial charge in [-0.05, 0) is 72.8 Å². The number of benzene rings is 8. The molecule has 1 aromatic heterocycles. The van der Waals surface area contributed by atoms with E-state index in [-0.39, 0.29) is 28.4 Å². The van der Waals surface area contributed by atoms with Crippen molar-refractivity contribution in [3.05, 3.63) is 176 Å². The number of hydrogen-bond acceptors (Lipinski definition) is 3. The zero-order valence-electron chi connectivity index (χ0n) is 32.5. The van der Waals surface area contributed by atoms with Crippen LogP contribution in [0.5, 0.6) is 0 Å². The molecule has 0 saturated heterocycles. The first-order chi connectivity index (χ1) is 26.7. The summed E-state index contributed by atoms with van der Waals surface area (Å²) in [6.07, 6.45) is 0. The van der Waals surface area contributed by atoms with Crippen molar-refractivity contribution in [1.29, 1.82) is 0 Å². The normalized spacial score (nSPS) is 13.4. The van der Waals surface area contributed by atoms with Crippen LogP contribution in [0.4, 0.5) is 0 Å². The van der Waals surface area contributed by atoms with E-state index >= 15 is 0 Å². The molecule has 224 valence electrons. The Morgan fingerprint density at radius 1 is 0.333 bits per heavy atom. The van der Waals surface area contributed by atoms with Crippen LogP contribution in [0.1, 0.15) is 9.60 Å². The lowest BCUT2D eigenvalue weighted by Crippen LogP contribution is -2.00. The highest BCUT2D eigenvalue weighted by Crippen LogP contribution is 2.35. The summed E-state index contributed by atoms with van der Waals surface area (Å²) < 4.78 is 59.4. The van der Waals surface area contributed by atoms with Gasteiger partial charge in [-0.2, -0.15) is 0 Å². The zero-order valence-corrected chi connectivity index (χ0v) is 25.5. The molecule has 0 amide bonds. The molecule has 0 atom stereocenters. The Morgan fingerprint density at radius 2 is 0.958 bits per heavy atom. The summed E-state index contributed by atoms with van der Waals surface area (Å²) in [5.74, 6) is 1.57. The lowest BCUT2D eigenvalue weighted by molar-refractivity contribution is 1.08. The van der Waals surface area contributed by atoms with E-state index in [0.29, 0.717) is 23.0 Å². The Labute approximate surface area is 288 Å². The SMILES string of the molecule is [2H]c1c([2H])c([2H])c2c(-c3ccc4cc(-c5nc(-c6ccccc6)nc(-c6cccc7ccc(-c8ccccc8)cc67)n5)ccc4c3)c([2H])c([2H])c([2H])c2c1[2H]. The van der Waals surface area contributed by atoms with Crippen LogP contribution in [0, 0.1) is 0 Å². The van der Waals surface area contributed by atoms with Crippen LogP contribution in [0.2, 0.25) is 0 Å². The molecule has 0 aliphatic rings. The monoisotopic (exact) mass is 618 g/mol. The van der Waals surface area contributed by atoms with Crippen molar-refractivity contribution in [3.8, 4) is 56.4 Å². The molecular formula is C45H29N3. The molecule has 0 radical (unpaired) electrons. The molecule has 0 saturated carbocycles. The Hall–Kier alpha value is -6.45. The van der Waals surface area contributed by atoms with Gasteiger partial charge in [-0.1, -0.05) is 158 Å². The summed E-state index contributed by atoms with van der Waals surface area (Å²) >= 11 is 0. The fourth-order valence-corrected chi connectivity index (χ4v) is 6.19. The Bertz CT molecular complexity index is 3000. The molecule has 0 spiro atoms.